The molecule has 0 radical (unpaired) electrons. The molecule has 4 rings (SSSR count). The van der Waals surface area contributed by atoms with E-state index in [0.717, 1.165) is 34.4 Å². The number of carbonyl (C=O) groups is 3. The van der Waals surface area contributed by atoms with E-state index >= 15 is 0 Å². The van der Waals surface area contributed by atoms with Gasteiger partial charge >= 0.3 is 5.97 Å². The SMILES string of the molecule is O=C(CCCCCCC(=O)Nc1ccc(C2OC(CSc3ccc(C(=O)O)cc3)CC(c3ccc(CO)cc3)O2)cc1)NO. The van der Waals surface area contributed by atoms with Crippen LogP contribution in [0.1, 0.15) is 84.4 Å². The van der Waals surface area contributed by atoms with Gasteiger partial charge in [-0.1, -0.05) is 49.2 Å². The number of hydroxylamine groups is 1. The summed E-state index contributed by atoms with van der Waals surface area (Å²) < 4.78 is 12.8. The van der Waals surface area contributed by atoms with Crippen molar-refractivity contribution in [3.63, 3.8) is 0 Å². The molecule has 3 aromatic rings. The van der Waals surface area contributed by atoms with Crippen LogP contribution in [0.5, 0.6) is 0 Å². The number of ether oxygens (including phenoxy) is 2. The zero-order chi connectivity index (χ0) is 31.3. The Hall–Kier alpha value is -3.74. The number of amides is 2. The average Bonchev–Trinajstić information content (AvgIpc) is 3.05. The monoisotopic (exact) mass is 622 g/mol. The highest BCUT2D eigenvalue weighted by atomic mass is 32.2. The average molecular weight is 623 g/mol. The number of carboxylic acid groups (broad SMARTS) is 1. The van der Waals surface area contributed by atoms with Crippen molar-refractivity contribution in [2.45, 2.75) is 74.9 Å². The molecule has 1 heterocycles. The first-order valence-electron chi connectivity index (χ1n) is 14.6. The van der Waals surface area contributed by atoms with Crippen LogP contribution in [0.2, 0.25) is 0 Å². The third-order valence-electron chi connectivity index (χ3n) is 7.30. The standard InChI is InChI=1S/C33H38N2O8S/c36-20-22-7-9-23(10-8-22)29-19-27(21-44-28-17-13-24(14-18-28)32(39)40)42-33(43-29)25-11-15-26(16-12-25)34-30(37)5-3-1-2-4-6-31(38)35-41/h7-18,27,29,33,36,41H,1-6,19-21H2,(H,34,37)(H,35,38)(H,39,40). The highest BCUT2D eigenvalue weighted by Crippen LogP contribution is 2.39. The van der Waals surface area contributed by atoms with Crippen molar-refractivity contribution in [2.75, 3.05) is 11.1 Å². The van der Waals surface area contributed by atoms with Crippen molar-refractivity contribution in [3.05, 3.63) is 95.1 Å². The summed E-state index contributed by atoms with van der Waals surface area (Å²) in [6.07, 6.45) is 3.23. The summed E-state index contributed by atoms with van der Waals surface area (Å²) in [6.45, 7) is -0.0358. The van der Waals surface area contributed by atoms with Crippen molar-refractivity contribution < 1.29 is 39.3 Å². The van der Waals surface area contributed by atoms with Crippen LogP contribution in [0.4, 0.5) is 5.69 Å². The number of anilines is 1. The molecular weight excluding hydrogens is 584 g/mol. The maximum absolute atomic E-state index is 12.4. The number of aliphatic hydroxyl groups excluding tert-OH is 1. The number of aromatic carboxylic acids is 1. The van der Waals surface area contributed by atoms with Crippen LogP contribution in [0, 0.1) is 0 Å². The summed E-state index contributed by atoms with van der Waals surface area (Å²) in [7, 11) is 0. The molecule has 0 bridgehead atoms. The Labute approximate surface area is 260 Å². The van der Waals surface area contributed by atoms with E-state index in [9.17, 15) is 19.5 Å². The molecule has 1 aliphatic rings. The fraction of sp³-hybridized carbons (Fsp3) is 0.364. The van der Waals surface area contributed by atoms with Crippen LogP contribution in [-0.2, 0) is 25.7 Å². The van der Waals surface area contributed by atoms with Gasteiger partial charge in [-0.2, -0.15) is 0 Å². The minimum atomic E-state index is -0.961. The van der Waals surface area contributed by atoms with E-state index in [4.69, 9.17) is 19.8 Å². The van der Waals surface area contributed by atoms with E-state index in [-0.39, 0.29) is 36.7 Å². The van der Waals surface area contributed by atoms with Gasteiger partial charge in [-0.05, 0) is 60.4 Å². The van der Waals surface area contributed by atoms with Crippen LogP contribution >= 0.6 is 11.8 Å². The third kappa shape index (κ3) is 10.2. The highest BCUT2D eigenvalue weighted by molar-refractivity contribution is 7.99. The van der Waals surface area contributed by atoms with Gasteiger partial charge in [-0.3, -0.25) is 14.8 Å². The molecular formula is C33H38N2O8S. The minimum absolute atomic E-state index is 0.0358. The Morgan fingerprint density at radius 1 is 0.795 bits per heavy atom. The molecule has 1 aliphatic heterocycles. The van der Waals surface area contributed by atoms with E-state index in [1.807, 2.05) is 48.5 Å². The molecule has 1 fully saturated rings. The maximum atomic E-state index is 12.4. The fourth-order valence-corrected chi connectivity index (χ4v) is 5.75. The van der Waals surface area contributed by atoms with Gasteiger partial charge in [-0.25, -0.2) is 10.3 Å². The number of aliphatic hydroxyl groups is 1. The van der Waals surface area contributed by atoms with E-state index in [0.29, 0.717) is 37.1 Å². The first-order chi connectivity index (χ1) is 21.3. The van der Waals surface area contributed by atoms with E-state index in [1.54, 1.807) is 41.5 Å². The number of unbranched alkanes of at least 4 members (excludes halogenated alkanes) is 3. The Morgan fingerprint density at radius 3 is 2.05 bits per heavy atom. The molecule has 234 valence electrons. The zero-order valence-corrected chi connectivity index (χ0v) is 25.1. The van der Waals surface area contributed by atoms with Gasteiger partial charge in [0.25, 0.3) is 0 Å². The van der Waals surface area contributed by atoms with Crippen LogP contribution in [0.25, 0.3) is 0 Å². The van der Waals surface area contributed by atoms with Gasteiger partial charge in [0.2, 0.25) is 11.8 Å². The lowest BCUT2D eigenvalue weighted by molar-refractivity contribution is -0.245. The Kier molecular flexibility index (Phi) is 12.8. The molecule has 2 amide bonds. The Balaban J connectivity index is 1.35. The van der Waals surface area contributed by atoms with Gasteiger partial charge < -0.3 is 25.0 Å². The number of thioether (sulfide) groups is 1. The summed E-state index contributed by atoms with van der Waals surface area (Å²) in [5.74, 6) is -0.810. The number of benzene rings is 3. The fourth-order valence-electron chi connectivity index (χ4n) is 4.83. The lowest BCUT2D eigenvalue weighted by Gasteiger charge is -2.36. The van der Waals surface area contributed by atoms with Crippen molar-refractivity contribution in [3.8, 4) is 0 Å². The molecule has 10 nitrogen and oxygen atoms in total. The van der Waals surface area contributed by atoms with E-state index in [2.05, 4.69) is 5.32 Å². The number of hydrogen-bond donors (Lipinski definition) is 5. The normalized spacial score (nSPS) is 18.0. The van der Waals surface area contributed by atoms with Crippen LogP contribution in [0.3, 0.4) is 0 Å². The number of carbonyl (C=O) groups excluding carboxylic acids is 2. The molecule has 0 spiro atoms. The predicted octanol–water partition coefficient (Wildman–Crippen LogP) is 6.00. The topological polar surface area (TPSA) is 154 Å². The quantitative estimate of drug-likeness (QED) is 0.0594. The second-order valence-electron chi connectivity index (χ2n) is 10.6. The van der Waals surface area contributed by atoms with Crippen LogP contribution in [-0.4, -0.2) is 45.1 Å². The molecule has 0 saturated carbocycles. The molecule has 0 aromatic heterocycles. The Bertz CT molecular complexity index is 1370. The van der Waals surface area contributed by atoms with Crippen molar-refractivity contribution >= 4 is 35.2 Å². The van der Waals surface area contributed by atoms with Crippen molar-refractivity contribution in [2.24, 2.45) is 0 Å². The smallest absolute Gasteiger partial charge is 0.335 e. The number of carboxylic acids is 1. The van der Waals surface area contributed by atoms with Gasteiger partial charge in [-0.15, -0.1) is 11.8 Å². The zero-order valence-electron chi connectivity index (χ0n) is 24.3. The van der Waals surface area contributed by atoms with Crippen LogP contribution in [0.15, 0.2) is 77.7 Å². The number of nitrogens with one attached hydrogen (secondary N) is 2. The van der Waals surface area contributed by atoms with Gasteiger partial charge in [0.05, 0.1) is 24.4 Å². The van der Waals surface area contributed by atoms with Gasteiger partial charge in [0, 0.05) is 41.2 Å². The summed E-state index contributed by atoms with van der Waals surface area (Å²) in [6, 6.07) is 21.8. The summed E-state index contributed by atoms with van der Waals surface area (Å²) in [5.41, 5.74) is 5.14. The molecule has 1 saturated heterocycles. The molecule has 3 atom stereocenters. The summed E-state index contributed by atoms with van der Waals surface area (Å²) >= 11 is 1.59. The van der Waals surface area contributed by atoms with Gasteiger partial charge in [0.1, 0.15) is 0 Å². The molecule has 0 aliphatic carbocycles. The largest absolute Gasteiger partial charge is 0.478 e. The van der Waals surface area contributed by atoms with Crippen LogP contribution < -0.4 is 10.8 Å². The van der Waals surface area contributed by atoms with Gasteiger partial charge in [0.15, 0.2) is 6.29 Å². The molecule has 44 heavy (non-hydrogen) atoms. The molecule has 11 heteroatoms. The number of rotatable bonds is 15. The first kappa shape index (κ1) is 33.2. The number of hydrogen-bond acceptors (Lipinski definition) is 8. The Morgan fingerprint density at radius 2 is 1.43 bits per heavy atom. The molecule has 5 N–H and O–H groups in total. The molecule has 3 unspecified atom stereocenters. The molecule has 3 aromatic carbocycles. The summed E-state index contributed by atoms with van der Waals surface area (Å²) in [4.78, 5) is 35.6. The second-order valence-corrected chi connectivity index (χ2v) is 11.7. The first-order valence-corrected chi connectivity index (χ1v) is 15.6. The lowest BCUT2D eigenvalue weighted by atomic mass is 10.0. The summed E-state index contributed by atoms with van der Waals surface area (Å²) in [5, 5.41) is 30.0. The van der Waals surface area contributed by atoms with E-state index < -0.39 is 18.2 Å². The third-order valence-corrected chi connectivity index (χ3v) is 8.45. The minimum Gasteiger partial charge on any atom is -0.478 e. The maximum Gasteiger partial charge on any atom is 0.335 e. The lowest BCUT2D eigenvalue weighted by Crippen LogP contribution is -2.31. The second kappa shape index (κ2) is 16.9. The van der Waals surface area contributed by atoms with Crippen molar-refractivity contribution in [1.82, 2.24) is 5.48 Å². The highest BCUT2D eigenvalue weighted by Gasteiger charge is 2.32. The van der Waals surface area contributed by atoms with Crippen molar-refractivity contribution in [1.29, 1.82) is 0 Å². The predicted molar refractivity (Wildman–Crippen MR) is 165 cm³/mol. The van der Waals surface area contributed by atoms with E-state index in [1.165, 1.54) is 0 Å².